The fraction of sp³-hybridized carbons (Fsp3) is 1.00. The number of ether oxygens (including phenoxy) is 1. The molecular formula is C12H28N2O2. The van der Waals surface area contributed by atoms with Crippen molar-refractivity contribution in [3.8, 4) is 0 Å². The molecule has 0 aliphatic carbocycles. The molecule has 0 aliphatic rings. The van der Waals surface area contributed by atoms with Crippen molar-refractivity contribution in [1.29, 1.82) is 0 Å². The molecule has 1 atom stereocenters. The van der Waals surface area contributed by atoms with Crippen LogP contribution in [0.5, 0.6) is 0 Å². The lowest BCUT2D eigenvalue weighted by atomic mass is 10.2. The molecule has 1 unspecified atom stereocenters. The van der Waals surface area contributed by atoms with Crippen LogP contribution in [0.2, 0.25) is 0 Å². The molecule has 4 nitrogen and oxygen atoms in total. The van der Waals surface area contributed by atoms with Gasteiger partial charge in [0.15, 0.2) is 0 Å². The number of likely N-dealkylation sites (N-methyl/N-ethyl adjacent to an activating group) is 1. The highest BCUT2D eigenvalue weighted by Crippen LogP contribution is 1.93. The third-order valence-corrected chi connectivity index (χ3v) is 2.46. The molecule has 0 heterocycles. The van der Waals surface area contributed by atoms with E-state index >= 15 is 0 Å². The molecule has 16 heavy (non-hydrogen) atoms. The Labute approximate surface area is 100.0 Å². The zero-order valence-corrected chi connectivity index (χ0v) is 11.2. The van der Waals surface area contributed by atoms with E-state index in [1.807, 2.05) is 0 Å². The summed E-state index contributed by atoms with van der Waals surface area (Å²) >= 11 is 0. The molecule has 0 saturated heterocycles. The normalized spacial score (nSPS) is 13.7. The van der Waals surface area contributed by atoms with Gasteiger partial charge in [0, 0.05) is 26.7 Å². The van der Waals surface area contributed by atoms with E-state index in [1.165, 1.54) is 0 Å². The quantitative estimate of drug-likeness (QED) is 0.578. The SMILES string of the molecule is CCN(CCOC)CC(O)CNCC(C)C. The number of aliphatic hydroxyl groups is 1. The van der Waals surface area contributed by atoms with E-state index < -0.39 is 0 Å². The summed E-state index contributed by atoms with van der Waals surface area (Å²) in [7, 11) is 1.70. The Kier molecular flexibility index (Phi) is 9.92. The fourth-order valence-corrected chi connectivity index (χ4v) is 1.50. The average Bonchev–Trinajstić information content (AvgIpc) is 2.23. The second-order valence-corrected chi connectivity index (χ2v) is 4.59. The second kappa shape index (κ2) is 10.0. The smallest absolute Gasteiger partial charge is 0.0791 e. The number of nitrogens with zero attached hydrogens (tertiary/aromatic N) is 1. The first kappa shape index (κ1) is 15.8. The first-order valence-electron chi connectivity index (χ1n) is 6.20. The predicted molar refractivity (Wildman–Crippen MR) is 67.7 cm³/mol. The molecule has 0 radical (unpaired) electrons. The maximum absolute atomic E-state index is 9.82. The summed E-state index contributed by atoms with van der Waals surface area (Å²) in [4.78, 5) is 2.20. The van der Waals surface area contributed by atoms with Gasteiger partial charge in [0.2, 0.25) is 0 Å². The van der Waals surface area contributed by atoms with Crippen LogP contribution in [0.1, 0.15) is 20.8 Å². The molecule has 0 fully saturated rings. The van der Waals surface area contributed by atoms with Crippen molar-refractivity contribution in [2.75, 3.05) is 46.4 Å². The lowest BCUT2D eigenvalue weighted by Crippen LogP contribution is -2.40. The van der Waals surface area contributed by atoms with Gasteiger partial charge >= 0.3 is 0 Å². The van der Waals surface area contributed by atoms with Gasteiger partial charge < -0.3 is 15.2 Å². The Morgan fingerprint density at radius 1 is 1.31 bits per heavy atom. The molecule has 4 heteroatoms. The largest absolute Gasteiger partial charge is 0.390 e. The molecule has 0 rings (SSSR count). The van der Waals surface area contributed by atoms with Crippen molar-refractivity contribution in [3.63, 3.8) is 0 Å². The van der Waals surface area contributed by atoms with Gasteiger partial charge in [-0.05, 0) is 19.0 Å². The summed E-state index contributed by atoms with van der Waals surface area (Å²) < 4.78 is 5.03. The number of hydrogen-bond acceptors (Lipinski definition) is 4. The predicted octanol–water partition coefficient (Wildman–Crippen LogP) is 0.561. The minimum Gasteiger partial charge on any atom is -0.390 e. The van der Waals surface area contributed by atoms with E-state index in [4.69, 9.17) is 4.74 Å². The molecule has 2 N–H and O–H groups in total. The van der Waals surface area contributed by atoms with Gasteiger partial charge in [0.25, 0.3) is 0 Å². The number of methoxy groups -OCH3 is 1. The van der Waals surface area contributed by atoms with Crippen LogP contribution in [-0.2, 0) is 4.74 Å². The third kappa shape index (κ3) is 9.09. The third-order valence-electron chi connectivity index (χ3n) is 2.46. The molecule has 0 aromatic rings. The average molecular weight is 232 g/mol. The lowest BCUT2D eigenvalue weighted by Gasteiger charge is -2.23. The van der Waals surface area contributed by atoms with E-state index in [0.29, 0.717) is 19.0 Å². The van der Waals surface area contributed by atoms with Gasteiger partial charge in [-0.15, -0.1) is 0 Å². The van der Waals surface area contributed by atoms with Gasteiger partial charge in [-0.1, -0.05) is 20.8 Å². The maximum Gasteiger partial charge on any atom is 0.0791 e. The Hall–Kier alpha value is -0.160. The van der Waals surface area contributed by atoms with Crippen molar-refractivity contribution < 1.29 is 9.84 Å². The van der Waals surface area contributed by atoms with Crippen LogP contribution in [-0.4, -0.2) is 62.6 Å². The number of rotatable bonds is 10. The molecule has 0 aromatic heterocycles. The molecular weight excluding hydrogens is 204 g/mol. The molecule has 98 valence electrons. The van der Waals surface area contributed by atoms with Crippen LogP contribution in [0.25, 0.3) is 0 Å². The Morgan fingerprint density at radius 3 is 2.50 bits per heavy atom. The Bertz CT molecular complexity index is 154. The van der Waals surface area contributed by atoms with Gasteiger partial charge in [-0.25, -0.2) is 0 Å². The van der Waals surface area contributed by atoms with Gasteiger partial charge in [0.05, 0.1) is 12.7 Å². The first-order chi connectivity index (χ1) is 7.60. The molecule has 0 amide bonds. The van der Waals surface area contributed by atoms with Crippen LogP contribution in [0.4, 0.5) is 0 Å². The topological polar surface area (TPSA) is 44.7 Å². The highest BCUT2D eigenvalue weighted by Gasteiger charge is 2.09. The minimum absolute atomic E-state index is 0.296. The Balaban J connectivity index is 3.60. The summed E-state index contributed by atoms with van der Waals surface area (Å²) in [5.41, 5.74) is 0. The van der Waals surface area contributed by atoms with E-state index in [9.17, 15) is 5.11 Å². The lowest BCUT2D eigenvalue weighted by molar-refractivity contribution is 0.0911. The maximum atomic E-state index is 9.82. The zero-order chi connectivity index (χ0) is 12.4. The molecule has 0 saturated carbocycles. The van der Waals surface area contributed by atoms with Crippen molar-refractivity contribution in [1.82, 2.24) is 10.2 Å². The van der Waals surface area contributed by atoms with Crippen molar-refractivity contribution >= 4 is 0 Å². The number of hydrogen-bond donors (Lipinski definition) is 2. The van der Waals surface area contributed by atoms with Crippen molar-refractivity contribution in [2.45, 2.75) is 26.9 Å². The van der Waals surface area contributed by atoms with E-state index in [1.54, 1.807) is 7.11 Å². The van der Waals surface area contributed by atoms with Crippen LogP contribution in [0.3, 0.4) is 0 Å². The Morgan fingerprint density at radius 2 is 2.00 bits per heavy atom. The summed E-state index contributed by atoms with van der Waals surface area (Å²) in [6, 6.07) is 0. The molecule has 0 aliphatic heterocycles. The zero-order valence-electron chi connectivity index (χ0n) is 11.2. The van der Waals surface area contributed by atoms with Crippen LogP contribution in [0, 0.1) is 5.92 Å². The number of aliphatic hydroxyl groups excluding tert-OH is 1. The van der Waals surface area contributed by atoms with E-state index in [2.05, 4.69) is 31.0 Å². The van der Waals surface area contributed by atoms with E-state index in [0.717, 1.165) is 26.2 Å². The van der Waals surface area contributed by atoms with Crippen molar-refractivity contribution in [3.05, 3.63) is 0 Å². The molecule has 0 bridgehead atoms. The summed E-state index contributed by atoms with van der Waals surface area (Å²) in [5, 5.41) is 13.1. The minimum atomic E-state index is -0.296. The van der Waals surface area contributed by atoms with Crippen LogP contribution < -0.4 is 5.32 Å². The molecule has 0 aromatic carbocycles. The van der Waals surface area contributed by atoms with Crippen LogP contribution >= 0.6 is 0 Å². The van der Waals surface area contributed by atoms with Gasteiger partial charge in [-0.2, -0.15) is 0 Å². The van der Waals surface area contributed by atoms with Gasteiger partial charge in [-0.3, -0.25) is 4.90 Å². The second-order valence-electron chi connectivity index (χ2n) is 4.59. The highest BCUT2D eigenvalue weighted by atomic mass is 16.5. The first-order valence-corrected chi connectivity index (χ1v) is 6.20. The highest BCUT2D eigenvalue weighted by molar-refractivity contribution is 4.66. The monoisotopic (exact) mass is 232 g/mol. The van der Waals surface area contributed by atoms with Gasteiger partial charge in [0.1, 0.15) is 0 Å². The standard InChI is InChI=1S/C12H28N2O2/c1-5-14(6-7-16-4)10-12(15)9-13-8-11(2)3/h11-13,15H,5-10H2,1-4H3. The molecule has 0 spiro atoms. The van der Waals surface area contributed by atoms with E-state index in [-0.39, 0.29) is 6.10 Å². The van der Waals surface area contributed by atoms with Crippen LogP contribution in [0.15, 0.2) is 0 Å². The van der Waals surface area contributed by atoms with Crippen molar-refractivity contribution in [2.24, 2.45) is 5.92 Å². The summed E-state index contributed by atoms with van der Waals surface area (Å²) in [6.45, 7) is 11.3. The number of nitrogens with one attached hydrogen (secondary N) is 1. The summed E-state index contributed by atoms with van der Waals surface area (Å²) in [6.07, 6.45) is -0.296. The fourth-order valence-electron chi connectivity index (χ4n) is 1.50. The summed E-state index contributed by atoms with van der Waals surface area (Å²) in [5.74, 6) is 0.628.